The first kappa shape index (κ1) is 22.5. The summed E-state index contributed by atoms with van der Waals surface area (Å²) in [4.78, 5) is 27.8. The maximum Gasteiger partial charge on any atom is 0.255 e. The highest BCUT2D eigenvalue weighted by atomic mass is 16.5. The fourth-order valence-electron chi connectivity index (χ4n) is 3.44. The molecule has 33 heavy (non-hydrogen) atoms. The fourth-order valence-corrected chi connectivity index (χ4v) is 3.44. The van der Waals surface area contributed by atoms with E-state index in [2.05, 4.69) is 15.0 Å². The SMILES string of the molecule is COCCOc1ccc(C(=O)N2CCc3ncc(OCc4ccc(OC)cn4)cc3C2)cn1. The van der Waals surface area contributed by atoms with Gasteiger partial charge in [-0.1, -0.05) is 0 Å². The van der Waals surface area contributed by atoms with Gasteiger partial charge in [0.15, 0.2) is 0 Å². The average Bonchev–Trinajstić information content (AvgIpc) is 2.87. The fraction of sp³-hybridized carbons (Fsp3) is 0.333. The number of aromatic nitrogens is 3. The number of nitrogens with zero attached hydrogens (tertiary/aromatic N) is 4. The van der Waals surface area contributed by atoms with Gasteiger partial charge < -0.3 is 23.8 Å². The van der Waals surface area contributed by atoms with E-state index in [9.17, 15) is 4.79 Å². The molecule has 172 valence electrons. The number of fused-ring (bicyclic) bond motifs is 1. The molecule has 4 rings (SSSR count). The Kier molecular flexibility index (Phi) is 7.31. The Morgan fingerprint density at radius 3 is 2.58 bits per heavy atom. The van der Waals surface area contributed by atoms with Crippen LogP contribution in [0.5, 0.6) is 17.4 Å². The van der Waals surface area contributed by atoms with Gasteiger partial charge in [0, 0.05) is 44.6 Å². The summed E-state index contributed by atoms with van der Waals surface area (Å²) < 4.78 is 21.4. The third kappa shape index (κ3) is 5.75. The molecule has 0 atom stereocenters. The first-order chi connectivity index (χ1) is 16.2. The van der Waals surface area contributed by atoms with Crippen LogP contribution in [0.3, 0.4) is 0 Å². The summed E-state index contributed by atoms with van der Waals surface area (Å²) >= 11 is 0. The molecule has 0 unspecified atom stereocenters. The second-order valence-corrected chi connectivity index (χ2v) is 7.46. The number of hydrogen-bond acceptors (Lipinski definition) is 8. The van der Waals surface area contributed by atoms with Crippen molar-refractivity contribution in [2.24, 2.45) is 0 Å². The molecule has 1 amide bonds. The Labute approximate surface area is 192 Å². The second kappa shape index (κ2) is 10.7. The van der Waals surface area contributed by atoms with Crippen molar-refractivity contribution in [3.63, 3.8) is 0 Å². The first-order valence-electron chi connectivity index (χ1n) is 10.6. The van der Waals surface area contributed by atoms with Gasteiger partial charge in [-0.25, -0.2) is 4.98 Å². The smallest absolute Gasteiger partial charge is 0.255 e. The largest absolute Gasteiger partial charge is 0.495 e. The van der Waals surface area contributed by atoms with Crippen LogP contribution in [0.1, 0.15) is 27.3 Å². The number of hydrogen-bond donors (Lipinski definition) is 0. The van der Waals surface area contributed by atoms with Crippen molar-refractivity contribution in [3.05, 3.63) is 71.4 Å². The molecule has 0 spiro atoms. The first-order valence-corrected chi connectivity index (χ1v) is 10.6. The van der Waals surface area contributed by atoms with Gasteiger partial charge in [-0.2, -0.15) is 0 Å². The van der Waals surface area contributed by atoms with E-state index >= 15 is 0 Å². The minimum atomic E-state index is -0.0784. The Bertz CT molecular complexity index is 1070. The van der Waals surface area contributed by atoms with Crippen molar-refractivity contribution in [1.82, 2.24) is 19.9 Å². The van der Waals surface area contributed by atoms with Gasteiger partial charge in [0.05, 0.1) is 37.4 Å². The van der Waals surface area contributed by atoms with Crippen molar-refractivity contribution in [2.75, 3.05) is 34.0 Å². The topological polar surface area (TPSA) is 95.9 Å². The third-order valence-electron chi connectivity index (χ3n) is 5.24. The molecule has 0 fully saturated rings. The lowest BCUT2D eigenvalue weighted by atomic mass is 10.0. The van der Waals surface area contributed by atoms with Crippen LogP contribution in [0.4, 0.5) is 0 Å². The van der Waals surface area contributed by atoms with E-state index < -0.39 is 0 Å². The van der Waals surface area contributed by atoms with Crippen LogP contribution >= 0.6 is 0 Å². The predicted octanol–water partition coefficient (Wildman–Crippen LogP) is 2.68. The van der Waals surface area contributed by atoms with Crippen LogP contribution in [0.15, 0.2) is 48.9 Å². The monoisotopic (exact) mass is 450 g/mol. The van der Waals surface area contributed by atoms with E-state index in [-0.39, 0.29) is 5.91 Å². The van der Waals surface area contributed by atoms with Gasteiger partial charge in [-0.15, -0.1) is 0 Å². The minimum Gasteiger partial charge on any atom is -0.495 e. The van der Waals surface area contributed by atoms with E-state index in [1.807, 2.05) is 18.2 Å². The molecule has 1 aliphatic heterocycles. The molecule has 0 radical (unpaired) electrons. The number of rotatable bonds is 9. The number of pyridine rings is 3. The van der Waals surface area contributed by atoms with E-state index in [0.717, 1.165) is 17.0 Å². The molecule has 1 aliphatic rings. The molecule has 0 N–H and O–H groups in total. The maximum atomic E-state index is 13.0. The van der Waals surface area contributed by atoms with Crippen molar-refractivity contribution < 1.29 is 23.7 Å². The lowest BCUT2D eigenvalue weighted by Crippen LogP contribution is -2.36. The molecule has 9 nitrogen and oxygen atoms in total. The lowest BCUT2D eigenvalue weighted by molar-refractivity contribution is 0.0732. The molecule has 3 aromatic heterocycles. The minimum absolute atomic E-state index is 0.0784. The molecule has 3 aromatic rings. The number of ether oxygens (including phenoxy) is 4. The van der Waals surface area contributed by atoms with E-state index in [0.29, 0.717) is 62.3 Å². The standard InChI is InChI=1S/C24H26N4O5/c1-30-9-10-32-23-6-3-17(12-27-23)24(29)28-8-7-22-18(15-28)11-21(14-26-22)33-16-19-4-5-20(31-2)13-25-19/h3-6,11-14H,7-10,15-16H2,1-2H3. The Hall–Kier alpha value is -3.72. The molecule has 4 heterocycles. The van der Waals surface area contributed by atoms with Crippen LogP contribution in [-0.2, 0) is 24.3 Å². The van der Waals surface area contributed by atoms with Gasteiger partial charge in [-0.05, 0) is 29.8 Å². The zero-order chi connectivity index (χ0) is 23.0. The van der Waals surface area contributed by atoms with E-state index in [1.165, 1.54) is 0 Å². The normalized spacial score (nSPS) is 12.7. The Balaban J connectivity index is 1.37. The van der Waals surface area contributed by atoms with Gasteiger partial charge in [0.1, 0.15) is 24.7 Å². The van der Waals surface area contributed by atoms with E-state index in [1.54, 1.807) is 49.8 Å². The molecule has 0 saturated carbocycles. The predicted molar refractivity (Wildman–Crippen MR) is 119 cm³/mol. The summed E-state index contributed by atoms with van der Waals surface area (Å²) in [5.74, 6) is 1.72. The highest BCUT2D eigenvalue weighted by Gasteiger charge is 2.23. The van der Waals surface area contributed by atoms with Gasteiger partial charge in [-0.3, -0.25) is 14.8 Å². The van der Waals surface area contributed by atoms with Crippen LogP contribution in [0, 0.1) is 0 Å². The summed E-state index contributed by atoms with van der Waals surface area (Å²) in [6.07, 6.45) is 5.60. The van der Waals surface area contributed by atoms with Gasteiger partial charge in [0.25, 0.3) is 5.91 Å². The Morgan fingerprint density at radius 2 is 1.85 bits per heavy atom. The Morgan fingerprint density at radius 1 is 0.970 bits per heavy atom. The van der Waals surface area contributed by atoms with Crippen molar-refractivity contribution in [2.45, 2.75) is 19.6 Å². The maximum absolute atomic E-state index is 13.0. The highest BCUT2D eigenvalue weighted by molar-refractivity contribution is 5.94. The van der Waals surface area contributed by atoms with Gasteiger partial charge >= 0.3 is 0 Å². The zero-order valence-electron chi connectivity index (χ0n) is 18.7. The molecular weight excluding hydrogens is 424 g/mol. The van der Waals surface area contributed by atoms with Crippen LogP contribution in [0.25, 0.3) is 0 Å². The van der Waals surface area contributed by atoms with E-state index in [4.69, 9.17) is 18.9 Å². The van der Waals surface area contributed by atoms with Crippen LogP contribution in [0.2, 0.25) is 0 Å². The summed E-state index contributed by atoms with van der Waals surface area (Å²) in [7, 11) is 3.21. The third-order valence-corrected chi connectivity index (χ3v) is 5.24. The van der Waals surface area contributed by atoms with Crippen molar-refractivity contribution >= 4 is 5.91 Å². The summed E-state index contributed by atoms with van der Waals surface area (Å²) in [5.41, 5.74) is 3.26. The quantitative estimate of drug-likeness (QED) is 0.459. The summed E-state index contributed by atoms with van der Waals surface area (Å²) in [6.45, 7) is 2.27. The molecule has 9 heteroatoms. The highest BCUT2D eigenvalue weighted by Crippen LogP contribution is 2.24. The van der Waals surface area contributed by atoms with Crippen LogP contribution in [-0.4, -0.2) is 59.7 Å². The summed E-state index contributed by atoms with van der Waals surface area (Å²) in [5, 5.41) is 0. The number of amides is 1. The molecule has 0 aliphatic carbocycles. The molecule has 0 saturated heterocycles. The van der Waals surface area contributed by atoms with Crippen molar-refractivity contribution in [1.29, 1.82) is 0 Å². The summed E-state index contributed by atoms with van der Waals surface area (Å²) in [6, 6.07) is 9.06. The molecule has 0 aromatic carbocycles. The number of carbonyl (C=O) groups excluding carboxylic acids is 1. The number of methoxy groups -OCH3 is 2. The molecular formula is C24H26N4O5. The lowest BCUT2D eigenvalue weighted by Gasteiger charge is -2.28. The van der Waals surface area contributed by atoms with Gasteiger partial charge in [0.2, 0.25) is 5.88 Å². The average molecular weight is 450 g/mol. The van der Waals surface area contributed by atoms with Crippen molar-refractivity contribution in [3.8, 4) is 17.4 Å². The van der Waals surface area contributed by atoms with Crippen LogP contribution < -0.4 is 14.2 Å². The molecule has 0 bridgehead atoms. The zero-order valence-corrected chi connectivity index (χ0v) is 18.7. The number of carbonyl (C=O) groups is 1. The second-order valence-electron chi connectivity index (χ2n) is 7.46.